The first-order valence-electron chi connectivity index (χ1n) is 5.28. The maximum Gasteiger partial charge on any atom is 0.0701 e. The zero-order valence-electron chi connectivity index (χ0n) is 8.82. The summed E-state index contributed by atoms with van der Waals surface area (Å²) in [4.78, 5) is 2.27. The molecule has 2 nitrogen and oxygen atoms in total. The molecule has 0 saturated heterocycles. The van der Waals surface area contributed by atoms with E-state index in [4.69, 9.17) is 0 Å². The van der Waals surface area contributed by atoms with Gasteiger partial charge in [-0.25, -0.2) is 0 Å². The van der Waals surface area contributed by atoms with E-state index in [2.05, 4.69) is 39.3 Å². The molecule has 0 unspecified atom stereocenters. The van der Waals surface area contributed by atoms with E-state index in [1.807, 2.05) is 0 Å². The van der Waals surface area contributed by atoms with Crippen LogP contribution >= 0.6 is 27.3 Å². The van der Waals surface area contributed by atoms with Crippen LogP contribution in [0.25, 0.3) is 0 Å². The van der Waals surface area contributed by atoms with Crippen molar-refractivity contribution in [2.24, 2.45) is 0 Å². The minimum Gasteiger partial charge on any atom is -0.391 e. The number of aliphatic hydroxyl groups excluding tert-OH is 1. The molecule has 1 aromatic rings. The van der Waals surface area contributed by atoms with Crippen LogP contribution in [0.1, 0.15) is 24.8 Å². The number of hydrogen-bond acceptors (Lipinski definition) is 3. The zero-order valence-corrected chi connectivity index (χ0v) is 11.2. The van der Waals surface area contributed by atoms with Crippen LogP contribution in [0.3, 0.4) is 0 Å². The number of hydrogen-bond donors (Lipinski definition) is 1. The Kier molecular flexibility index (Phi) is 3.83. The van der Waals surface area contributed by atoms with Gasteiger partial charge in [-0.1, -0.05) is 0 Å². The Morgan fingerprint density at radius 3 is 2.93 bits per heavy atom. The quantitative estimate of drug-likeness (QED) is 0.925. The van der Waals surface area contributed by atoms with Gasteiger partial charge >= 0.3 is 0 Å². The monoisotopic (exact) mass is 289 g/mol. The van der Waals surface area contributed by atoms with Gasteiger partial charge in [-0.3, -0.25) is 4.90 Å². The first-order chi connectivity index (χ1) is 7.16. The van der Waals surface area contributed by atoms with E-state index >= 15 is 0 Å². The van der Waals surface area contributed by atoms with Crippen LogP contribution < -0.4 is 0 Å². The highest BCUT2D eigenvalue weighted by Crippen LogP contribution is 2.26. The lowest BCUT2D eigenvalue weighted by Crippen LogP contribution is -2.36. The Balaban J connectivity index is 1.94. The van der Waals surface area contributed by atoms with Gasteiger partial charge in [0, 0.05) is 12.6 Å². The van der Waals surface area contributed by atoms with Crippen molar-refractivity contribution in [1.82, 2.24) is 4.90 Å². The van der Waals surface area contributed by atoms with E-state index in [1.165, 1.54) is 9.35 Å². The SMILES string of the molecule is CN(Cc1csc(Br)c1)[C@@H]1CCC[C@H]1O. The van der Waals surface area contributed by atoms with E-state index in [1.54, 1.807) is 11.3 Å². The Morgan fingerprint density at radius 2 is 2.40 bits per heavy atom. The average Bonchev–Trinajstić information content (AvgIpc) is 2.75. The Morgan fingerprint density at radius 1 is 1.60 bits per heavy atom. The summed E-state index contributed by atoms with van der Waals surface area (Å²) in [6, 6.07) is 2.51. The Labute approximate surface area is 103 Å². The summed E-state index contributed by atoms with van der Waals surface area (Å²) in [5, 5.41) is 12.0. The molecule has 0 spiro atoms. The first kappa shape index (κ1) is 11.6. The van der Waals surface area contributed by atoms with Crippen molar-refractivity contribution in [3.05, 3.63) is 20.8 Å². The van der Waals surface area contributed by atoms with Crippen molar-refractivity contribution in [3.8, 4) is 0 Å². The molecule has 0 aromatic carbocycles. The number of rotatable bonds is 3. The van der Waals surface area contributed by atoms with Crippen LogP contribution in [0.15, 0.2) is 15.2 Å². The average molecular weight is 290 g/mol. The lowest BCUT2D eigenvalue weighted by atomic mass is 10.2. The van der Waals surface area contributed by atoms with Crippen LogP contribution in [-0.2, 0) is 6.54 Å². The van der Waals surface area contributed by atoms with Crippen molar-refractivity contribution >= 4 is 27.3 Å². The predicted octanol–water partition coefficient (Wildman–Crippen LogP) is 2.86. The van der Waals surface area contributed by atoms with Crippen LogP contribution in [-0.4, -0.2) is 29.2 Å². The zero-order chi connectivity index (χ0) is 10.8. The second-order valence-corrected chi connectivity index (χ2v) is 6.53. The fourth-order valence-corrected chi connectivity index (χ4v) is 3.47. The highest BCUT2D eigenvalue weighted by Gasteiger charge is 2.28. The predicted molar refractivity (Wildman–Crippen MR) is 67.1 cm³/mol. The second kappa shape index (κ2) is 4.95. The van der Waals surface area contributed by atoms with Gasteiger partial charge in [0.25, 0.3) is 0 Å². The molecular formula is C11H16BrNOS. The smallest absolute Gasteiger partial charge is 0.0701 e. The molecule has 1 aliphatic rings. The van der Waals surface area contributed by atoms with Crippen molar-refractivity contribution in [3.63, 3.8) is 0 Å². The van der Waals surface area contributed by atoms with E-state index in [0.29, 0.717) is 6.04 Å². The number of thiophene rings is 1. The molecule has 0 radical (unpaired) electrons. The maximum atomic E-state index is 9.79. The van der Waals surface area contributed by atoms with Crippen molar-refractivity contribution < 1.29 is 5.11 Å². The number of halogens is 1. The molecule has 1 N–H and O–H groups in total. The Hall–Kier alpha value is 0.1000. The van der Waals surface area contributed by atoms with Gasteiger partial charge in [-0.15, -0.1) is 11.3 Å². The molecule has 84 valence electrons. The topological polar surface area (TPSA) is 23.5 Å². The normalized spacial score (nSPS) is 26.4. The molecule has 2 rings (SSSR count). The lowest BCUT2D eigenvalue weighted by Gasteiger charge is -2.26. The fourth-order valence-electron chi connectivity index (χ4n) is 2.27. The summed E-state index contributed by atoms with van der Waals surface area (Å²) in [6.07, 6.45) is 3.12. The molecule has 2 atom stereocenters. The number of likely N-dealkylation sites (N-methyl/N-ethyl adjacent to an activating group) is 1. The fraction of sp³-hybridized carbons (Fsp3) is 0.636. The molecule has 1 fully saturated rings. The van der Waals surface area contributed by atoms with E-state index in [9.17, 15) is 5.11 Å². The summed E-state index contributed by atoms with van der Waals surface area (Å²) < 4.78 is 1.18. The molecule has 1 aromatic heterocycles. The van der Waals surface area contributed by atoms with E-state index in [0.717, 1.165) is 25.8 Å². The number of nitrogens with zero attached hydrogens (tertiary/aromatic N) is 1. The molecule has 4 heteroatoms. The molecule has 1 saturated carbocycles. The summed E-state index contributed by atoms with van der Waals surface area (Å²) in [5.74, 6) is 0. The summed E-state index contributed by atoms with van der Waals surface area (Å²) in [5.41, 5.74) is 1.33. The van der Waals surface area contributed by atoms with Gasteiger partial charge in [-0.05, 0) is 59.2 Å². The third-order valence-electron chi connectivity index (χ3n) is 3.06. The molecule has 1 aliphatic carbocycles. The first-order valence-corrected chi connectivity index (χ1v) is 6.95. The third-order valence-corrected chi connectivity index (χ3v) is 4.62. The summed E-state index contributed by atoms with van der Waals surface area (Å²) >= 11 is 5.19. The minimum absolute atomic E-state index is 0.128. The molecule has 0 bridgehead atoms. The molecule has 0 aliphatic heterocycles. The van der Waals surface area contributed by atoms with Crippen LogP contribution in [0.5, 0.6) is 0 Å². The third kappa shape index (κ3) is 2.81. The van der Waals surface area contributed by atoms with E-state index in [-0.39, 0.29) is 6.10 Å². The van der Waals surface area contributed by atoms with Gasteiger partial charge in [0.05, 0.1) is 9.89 Å². The molecule has 1 heterocycles. The highest BCUT2D eigenvalue weighted by atomic mass is 79.9. The highest BCUT2D eigenvalue weighted by molar-refractivity contribution is 9.11. The molecular weight excluding hydrogens is 274 g/mol. The largest absolute Gasteiger partial charge is 0.391 e. The standard InChI is InChI=1S/C11H16BrNOS/c1-13(9-3-2-4-10(9)14)6-8-5-11(12)15-7-8/h5,7,9-10,14H,2-4,6H2,1H3/t9-,10-/m1/s1. The van der Waals surface area contributed by atoms with Crippen LogP contribution in [0, 0.1) is 0 Å². The molecule has 0 amide bonds. The van der Waals surface area contributed by atoms with Gasteiger partial charge in [0.2, 0.25) is 0 Å². The van der Waals surface area contributed by atoms with Gasteiger partial charge < -0.3 is 5.11 Å². The summed E-state index contributed by atoms with van der Waals surface area (Å²) in [7, 11) is 2.10. The van der Waals surface area contributed by atoms with Crippen molar-refractivity contribution in [2.75, 3.05) is 7.05 Å². The second-order valence-electron chi connectivity index (χ2n) is 4.24. The maximum absolute atomic E-state index is 9.79. The van der Waals surface area contributed by atoms with Crippen LogP contribution in [0.4, 0.5) is 0 Å². The minimum atomic E-state index is -0.128. The van der Waals surface area contributed by atoms with Gasteiger partial charge in [0.1, 0.15) is 0 Å². The molecule has 15 heavy (non-hydrogen) atoms. The van der Waals surface area contributed by atoms with Gasteiger partial charge in [-0.2, -0.15) is 0 Å². The Bertz CT molecular complexity index is 328. The summed E-state index contributed by atoms with van der Waals surface area (Å²) in [6.45, 7) is 0.934. The van der Waals surface area contributed by atoms with Crippen molar-refractivity contribution in [1.29, 1.82) is 0 Å². The van der Waals surface area contributed by atoms with Gasteiger partial charge in [0.15, 0.2) is 0 Å². The number of aliphatic hydroxyl groups is 1. The lowest BCUT2D eigenvalue weighted by molar-refractivity contribution is 0.0825. The van der Waals surface area contributed by atoms with Crippen molar-refractivity contribution in [2.45, 2.75) is 38.0 Å². The van der Waals surface area contributed by atoms with Crippen LogP contribution in [0.2, 0.25) is 0 Å². The van der Waals surface area contributed by atoms with E-state index < -0.39 is 0 Å².